The second kappa shape index (κ2) is 7.56. The summed E-state index contributed by atoms with van der Waals surface area (Å²) in [7, 11) is 1.47. The van der Waals surface area contributed by atoms with Gasteiger partial charge >= 0.3 is 5.97 Å². The van der Waals surface area contributed by atoms with Crippen LogP contribution in [-0.2, 0) is 4.79 Å². The van der Waals surface area contributed by atoms with E-state index in [9.17, 15) is 9.59 Å². The smallest absolute Gasteiger partial charge is 0.311 e. The van der Waals surface area contributed by atoms with Crippen LogP contribution in [0.1, 0.15) is 43.5 Å². The van der Waals surface area contributed by atoms with Crippen molar-refractivity contribution in [3.63, 3.8) is 0 Å². The number of esters is 1. The summed E-state index contributed by atoms with van der Waals surface area (Å²) in [6, 6.07) is 4.71. The van der Waals surface area contributed by atoms with Crippen molar-refractivity contribution in [3.8, 4) is 11.5 Å². The highest BCUT2D eigenvalue weighted by Crippen LogP contribution is 2.28. The Morgan fingerprint density at radius 2 is 2.11 bits per heavy atom. The van der Waals surface area contributed by atoms with Crippen LogP contribution in [0.2, 0.25) is 0 Å². The summed E-state index contributed by atoms with van der Waals surface area (Å²) in [4.78, 5) is 22.4. The molecule has 1 unspecified atom stereocenters. The molecular formula is C15H20O4. The van der Waals surface area contributed by atoms with E-state index in [-0.39, 0.29) is 5.97 Å². The normalized spacial score (nSPS) is 11.7. The topological polar surface area (TPSA) is 52.6 Å². The molecule has 0 aliphatic heterocycles. The third-order valence-corrected chi connectivity index (χ3v) is 3.09. The number of methoxy groups -OCH3 is 1. The molecule has 0 radical (unpaired) electrons. The average Bonchev–Trinajstić information content (AvgIpc) is 2.45. The van der Waals surface area contributed by atoms with E-state index in [0.29, 0.717) is 29.4 Å². The van der Waals surface area contributed by atoms with Crippen molar-refractivity contribution in [1.82, 2.24) is 0 Å². The zero-order valence-electron chi connectivity index (χ0n) is 11.6. The van der Waals surface area contributed by atoms with Gasteiger partial charge in [-0.25, -0.2) is 0 Å². The van der Waals surface area contributed by atoms with Gasteiger partial charge in [0.05, 0.1) is 7.11 Å². The van der Waals surface area contributed by atoms with Crippen LogP contribution in [0.4, 0.5) is 0 Å². The summed E-state index contributed by atoms with van der Waals surface area (Å²) in [5.74, 6) is 0.966. The van der Waals surface area contributed by atoms with Crippen LogP contribution in [-0.4, -0.2) is 19.4 Å². The highest BCUT2D eigenvalue weighted by molar-refractivity contribution is 5.78. The van der Waals surface area contributed by atoms with Crippen LogP contribution in [0.15, 0.2) is 18.2 Å². The maximum Gasteiger partial charge on any atom is 0.311 e. The fraction of sp³-hybridized carbons (Fsp3) is 0.467. The average molecular weight is 264 g/mol. The molecule has 0 saturated carbocycles. The lowest BCUT2D eigenvalue weighted by molar-refractivity contribution is -0.134. The maximum atomic E-state index is 11.7. The highest BCUT2D eigenvalue weighted by atomic mass is 16.6. The van der Waals surface area contributed by atoms with E-state index in [1.54, 1.807) is 18.2 Å². The summed E-state index contributed by atoms with van der Waals surface area (Å²) >= 11 is 0. The second-order valence-electron chi connectivity index (χ2n) is 4.55. The van der Waals surface area contributed by atoms with Crippen molar-refractivity contribution in [2.75, 3.05) is 7.11 Å². The van der Waals surface area contributed by atoms with Gasteiger partial charge in [0.25, 0.3) is 0 Å². The number of carbonyl (C=O) groups excluding carboxylic acids is 2. The van der Waals surface area contributed by atoms with Gasteiger partial charge < -0.3 is 9.47 Å². The summed E-state index contributed by atoms with van der Waals surface area (Å²) in [6.07, 6.45) is 2.96. The molecule has 4 heteroatoms. The molecule has 1 aromatic carbocycles. The second-order valence-corrected chi connectivity index (χ2v) is 4.55. The molecule has 1 atom stereocenters. The van der Waals surface area contributed by atoms with Crippen LogP contribution in [0, 0.1) is 5.92 Å². The Morgan fingerprint density at radius 3 is 2.68 bits per heavy atom. The van der Waals surface area contributed by atoms with Crippen LogP contribution in [0.5, 0.6) is 11.5 Å². The predicted octanol–water partition coefficient (Wildman–Crippen LogP) is 3.24. The summed E-state index contributed by atoms with van der Waals surface area (Å²) in [5.41, 5.74) is 0.483. The molecule has 0 spiro atoms. The first-order valence-corrected chi connectivity index (χ1v) is 6.44. The molecule has 0 aliphatic rings. The molecule has 0 heterocycles. The minimum Gasteiger partial charge on any atom is -0.493 e. The van der Waals surface area contributed by atoms with Crippen molar-refractivity contribution in [3.05, 3.63) is 23.8 Å². The summed E-state index contributed by atoms with van der Waals surface area (Å²) < 4.78 is 10.4. The Labute approximate surface area is 113 Å². The maximum absolute atomic E-state index is 11.7. The van der Waals surface area contributed by atoms with Gasteiger partial charge in [0.2, 0.25) is 0 Å². The molecule has 104 valence electrons. The fourth-order valence-electron chi connectivity index (χ4n) is 1.58. The van der Waals surface area contributed by atoms with E-state index in [1.807, 2.05) is 0 Å². The molecular weight excluding hydrogens is 244 g/mol. The summed E-state index contributed by atoms with van der Waals surface area (Å²) in [5, 5.41) is 0. The Bertz CT molecular complexity index is 440. The third kappa shape index (κ3) is 4.73. The van der Waals surface area contributed by atoms with E-state index in [0.717, 1.165) is 19.1 Å². The monoisotopic (exact) mass is 264 g/mol. The fourth-order valence-corrected chi connectivity index (χ4v) is 1.58. The zero-order chi connectivity index (χ0) is 14.3. The molecule has 0 aliphatic carbocycles. The minimum absolute atomic E-state index is 0.280. The molecule has 0 bridgehead atoms. The number of rotatable bonds is 7. The number of aldehydes is 1. The van der Waals surface area contributed by atoms with Crippen molar-refractivity contribution < 1.29 is 19.1 Å². The molecule has 0 fully saturated rings. The Balaban J connectivity index is 2.65. The molecule has 19 heavy (non-hydrogen) atoms. The van der Waals surface area contributed by atoms with E-state index in [4.69, 9.17) is 9.47 Å². The molecule has 0 amide bonds. The molecule has 0 aromatic heterocycles. The van der Waals surface area contributed by atoms with E-state index in [2.05, 4.69) is 13.8 Å². The first kappa shape index (κ1) is 15.2. The Kier molecular flexibility index (Phi) is 6.06. The van der Waals surface area contributed by atoms with Crippen molar-refractivity contribution >= 4 is 12.3 Å². The van der Waals surface area contributed by atoms with Crippen molar-refractivity contribution in [1.29, 1.82) is 0 Å². The predicted molar refractivity (Wildman–Crippen MR) is 72.7 cm³/mol. The van der Waals surface area contributed by atoms with Gasteiger partial charge in [0.15, 0.2) is 11.5 Å². The summed E-state index contributed by atoms with van der Waals surface area (Å²) in [6.45, 7) is 4.20. The van der Waals surface area contributed by atoms with Crippen molar-refractivity contribution in [2.24, 2.45) is 5.92 Å². The van der Waals surface area contributed by atoms with Crippen LogP contribution >= 0.6 is 0 Å². The minimum atomic E-state index is -0.280. The molecule has 0 saturated heterocycles. The van der Waals surface area contributed by atoms with Crippen LogP contribution < -0.4 is 9.47 Å². The standard InChI is InChI=1S/C15H20O4/c1-4-11(2)5-8-15(17)19-13-7-6-12(10-16)9-14(13)18-3/h6-7,9-11H,4-5,8H2,1-3H3. The van der Waals surface area contributed by atoms with Gasteiger partial charge in [-0.05, 0) is 30.5 Å². The number of ether oxygens (including phenoxy) is 2. The first-order valence-electron chi connectivity index (χ1n) is 6.44. The largest absolute Gasteiger partial charge is 0.493 e. The highest BCUT2D eigenvalue weighted by Gasteiger charge is 2.12. The number of hydrogen-bond acceptors (Lipinski definition) is 4. The third-order valence-electron chi connectivity index (χ3n) is 3.09. The Morgan fingerprint density at radius 1 is 1.37 bits per heavy atom. The number of carbonyl (C=O) groups is 2. The van der Waals surface area contributed by atoms with Gasteiger partial charge in [0.1, 0.15) is 6.29 Å². The lowest BCUT2D eigenvalue weighted by Crippen LogP contribution is -2.10. The van der Waals surface area contributed by atoms with Gasteiger partial charge in [-0.2, -0.15) is 0 Å². The molecule has 4 nitrogen and oxygen atoms in total. The van der Waals surface area contributed by atoms with Crippen molar-refractivity contribution in [2.45, 2.75) is 33.1 Å². The number of hydrogen-bond donors (Lipinski definition) is 0. The van der Waals surface area contributed by atoms with Gasteiger partial charge in [0, 0.05) is 12.0 Å². The van der Waals surface area contributed by atoms with Crippen LogP contribution in [0.25, 0.3) is 0 Å². The first-order chi connectivity index (χ1) is 9.10. The van der Waals surface area contributed by atoms with E-state index < -0.39 is 0 Å². The quantitative estimate of drug-likeness (QED) is 0.431. The zero-order valence-corrected chi connectivity index (χ0v) is 11.6. The molecule has 1 aromatic rings. The number of benzene rings is 1. The molecule has 1 rings (SSSR count). The van der Waals surface area contributed by atoms with E-state index >= 15 is 0 Å². The lowest BCUT2D eigenvalue weighted by atomic mass is 10.0. The molecule has 0 N–H and O–H groups in total. The van der Waals surface area contributed by atoms with Gasteiger partial charge in [-0.1, -0.05) is 20.3 Å². The van der Waals surface area contributed by atoms with Gasteiger partial charge in [-0.3, -0.25) is 9.59 Å². The Hall–Kier alpha value is -1.84. The van der Waals surface area contributed by atoms with Gasteiger partial charge in [-0.15, -0.1) is 0 Å². The lowest BCUT2D eigenvalue weighted by Gasteiger charge is -2.11. The van der Waals surface area contributed by atoms with E-state index in [1.165, 1.54) is 7.11 Å². The van der Waals surface area contributed by atoms with Crippen LogP contribution in [0.3, 0.4) is 0 Å². The SMILES string of the molecule is CCC(C)CCC(=O)Oc1ccc(C=O)cc1OC.